The number of hydrogen-bond donors (Lipinski definition) is 2. The molecule has 0 unspecified atom stereocenters. The van der Waals surface area contributed by atoms with Gasteiger partial charge in [-0.25, -0.2) is 4.39 Å². The van der Waals surface area contributed by atoms with E-state index in [0.29, 0.717) is 18.8 Å². The molecule has 86 valence electrons. The maximum absolute atomic E-state index is 12.6. The molecule has 0 amide bonds. The van der Waals surface area contributed by atoms with Gasteiger partial charge < -0.3 is 10.5 Å². The Morgan fingerprint density at radius 3 is 2.50 bits per heavy atom. The molecule has 0 atom stereocenters. The fraction of sp³-hybridized carbons (Fsp3) is 0.417. The van der Waals surface area contributed by atoms with Crippen molar-refractivity contribution in [2.24, 2.45) is 11.1 Å². The first-order valence-electron chi connectivity index (χ1n) is 5.31. The molecule has 0 bridgehead atoms. The molecule has 1 aromatic carbocycles. The highest BCUT2D eigenvalue weighted by atomic mass is 19.1. The fourth-order valence-electron chi connectivity index (χ4n) is 1.72. The van der Waals surface area contributed by atoms with Crippen LogP contribution in [0.5, 0.6) is 5.75 Å². The second kappa shape index (κ2) is 4.12. The summed E-state index contributed by atoms with van der Waals surface area (Å²) in [5.41, 5.74) is 5.44. The normalized spacial score (nSPS) is 16.8. The molecule has 0 heterocycles. The molecule has 0 aliphatic heterocycles. The second-order valence-corrected chi connectivity index (χ2v) is 4.44. The van der Waals surface area contributed by atoms with E-state index in [9.17, 15) is 4.39 Å². The number of ether oxygens (including phenoxy) is 1. The van der Waals surface area contributed by atoms with Crippen molar-refractivity contribution in [2.75, 3.05) is 6.61 Å². The monoisotopic (exact) mass is 222 g/mol. The summed E-state index contributed by atoms with van der Waals surface area (Å²) in [6, 6.07) is 5.97. The van der Waals surface area contributed by atoms with Gasteiger partial charge in [0.2, 0.25) is 0 Å². The number of nitrogens with one attached hydrogen (secondary N) is 1. The largest absolute Gasteiger partial charge is 0.493 e. The Balaban J connectivity index is 1.87. The van der Waals surface area contributed by atoms with Gasteiger partial charge in [0.15, 0.2) is 0 Å². The molecule has 3 N–H and O–H groups in total. The molecule has 0 aromatic heterocycles. The highest BCUT2D eigenvalue weighted by molar-refractivity contribution is 5.78. The van der Waals surface area contributed by atoms with Gasteiger partial charge in [-0.3, -0.25) is 5.41 Å². The van der Waals surface area contributed by atoms with Crippen LogP contribution < -0.4 is 10.5 Å². The lowest BCUT2D eigenvalue weighted by atomic mass is 10.0. The first-order valence-corrected chi connectivity index (χ1v) is 5.31. The van der Waals surface area contributed by atoms with E-state index < -0.39 is 0 Å². The number of halogens is 1. The van der Waals surface area contributed by atoms with Crippen LogP contribution in [-0.2, 0) is 0 Å². The summed E-state index contributed by atoms with van der Waals surface area (Å²) in [6.45, 7) is 0.554. The summed E-state index contributed by atoms with van der Waals surface area (Å²) < 4.78 is 18.2. The van der Waals surface area contributed by atoms with E-state index in [0.717, 1.165) is 12.8 Å². The van der Waals surface area contributed by atoms with Crippen LogP contribution in [0.25, 0.3) is 0 Å². The van der Waals surface area contributed by atoms with Gasteiger partial charge in [0, 0.05) is 11.8 Å². The average molecular weight is 222 g/mol. The molecule has 3 nitrogen and oxygen atoms in total. The third kappa shape index (κ3) is 2.72. The van der Waals surface area contributed by atoms with Crippen molar-refractivity contribution in [2.45, 2.75) is 19.3 Å². The molecule has 2 rings (SSSR count). The van der Waals surface area contributed by atoms with Crippen molar-refractivity contribution < 1.29 is 9.13 Å². The molecule has 0 saturated heterocycles. The molecular formula is C12H15FN2O. The van der Waals surface area contributed by atoms with Crippen LogP contribution in [0.15, 0.2) is 24.3 Å². The van der Waals surface area contributed by atoms with Crippen LogP contribution in [0, 0.1) is 16.6 Å². The summed E-state index contributed by atoms with van der Waals surface area (Å²) >= 11 is 0. The van der Waals surface area contributed by atoms with E-state index in [1.54, 1.807) is 12.1 Å². The summed E-state index contributed by atoms with van der Waals surface area (Å²) in [5, 5.41) is 7.27. The predicted octanol–water partition coefficient (Wildman–Crippen LogP) is 2.31. The van der Waals surface area contributed by atoms with Gasteiger partial charge in [-0.15, -0.1) is 0 Å². The van der Waals surface area contributed by atoms with Gasteiger partial charge in [0.05, 0.1) is 12.4 Å². The first kappa shape index (κ1) is 10.9. The van der Waals surface area contributed by atoms with E-state index in [1.165, 1.54) is 12.1 Å². The number of benzene rings is 1. The summed E-state index contributed by atoms with van der Waals surface area (Å²) in [7, 11) is 0. The van der Waals surface area contributed by atoms with Gasteiger partial charge in [-0.2, -0.15) is 0 Å². The quantitative estimate of drug-likeness (QED) is 0.593. The van der Waals surface area contributed by atoms with E-state index in [1.807, 2.05) is 0 Å². The van der Waals surface area contributed by atoms with Gasteiger partial charge in [0.1, 0.15) is 11.6 Å². The number of amidine groups is 1. The number of hydrogen-bond acceptors (Lipinski definition) is 2. The molecule has 1 aliphatic rings. The minimum atomic E-state index is -0.266. The van der Waals surface area contributed by atoms with Crippen LogP contribution in [0.1, 0.15) is 19.3 Å². The van der Waals surface area contributed by atoms with Crippen molar-refractivity contribution in [3.8, 4) is 5.75 Å². The predicted molar refractivity (Wildman–Crippen MR) is 60.1 cm³/mol. The van der Waals surface area contributed by atoms with Gasteiger partial charge in [0.25, 0.3) is 0 Å². The Kier molecular flexibility index (Phi) is 2.81. The topological polar surface area (TPSA) is 59.1 Å². The zero-order valence-corrected chi connectivity index (χ0v) is 9.00. The Hall–Kier alpha value is -1.58. The van der Waals surface area contributed by atoms with Crippen molar-refractivity contribution in [3.63, 3.8) is 0 Å². The Labute approximate surface area is 93.9 Å². The lowest BCUT2D eigenvalue weighted by molar-refractivity contribution is 0.238. The zero-order valence-electron chi connectivity index (χ0n) is 9.00. The molecule has 4 heteroatoms. The van der Waals surface area contributed by atoms with Crippen LogP contribution in [0.3, 0.4) is 0 Å². The summed E-state index contributed by atoms with van der Waals surface area (Å²) in [4.78, 5) is 0. The lowest BCUT2D eigenvalue weighted by Gasteiger charge is -2.15. The second-order valence-electron chi connectivity index (χ2n) is 4.44. The smallest absolute Gasteiger partial charge is 0.123 e. The van der Waals surface area contributed by atoms with E-state index >= 15 is 0 Å². The third-order valence-corrected chi connectivity index (χ3v) is 2.88. The van der Waals surface area contributed by atoms with Gasteiger partial charge in [-0.05, 0) is 37.1 Å². The first-order chi connectivity index (χ1) is 7.60. The van der Waals surface area contributed by atoms with Gasteiger partial charge >= 0.3 is 0 Å². The molecule has 1 fully saturated rings. The number of rotatable bonds is 5. The summed E-state index contributed by atoms with van der Waals surface area (Å²) in [6.07, 6.45) is 2.69. The van der Waals surface area contributed by atoms with Crippen molar-refractivity contribution >= 4 is 5.84 Å². The van der Waals surface area contributed by atoms with Crippen molar-refractivity contribution in [3.05, 3.63) is 30.1 Å². The Morgan fingerprint density at radius 1 is 1.38 bits per heavy atom. The lowest BCUT2D eigenvalue weighted by Crippen LogP contribution is -2.21. The molecule has 1 aliphatic carbocycles. The maximum Gasteiger partial charge on any atom is 0.123 e. The highest BCUT2D eigenvalue weighted by Gasteiger charge is 2.43. The SMILES string of the molecule is N=C(N)CC1(COc2ccc(F)cc2)CC1. The van der Waals surface area contributed by atoms with Crippen molar-refractivity contribution in [1.29, 1.82) is 5.41 Å². The minimum Gasteiger partial charge on any atom is -0.493 e. The maximum atomic E-state index is 12.6. The average Bonchev–Trinajstić information content (AvgIpc) is 2.97. The fourth-order valence-corrected chi connectivity index (χ4v) is 1.72. The standard InChI is InChI=1S/C12H15FN2O/c13-9-1-3-10(4-2-9)16-8-12(5-6-12)7-11(14)15/h1-4H,5-8H2,(H3,14,15). The van der Waals surface area contributed by atoms with Crippen LogP contribution in [-0.4, -0.2) is 12.4 Å². The van der Waals surface area contributed by atoms with Crippen molar-refractivity contribution in [1.82, 2.24) is 0 Å². The van der Waals surface area contributed by atoms with E-state index in [4.69, 9.17) is 15.9 Å². The van der Waals surface area contributed by atoms with Gasteiger partial charge in [-0.1, -0.05) is 0 Å². The third-order valence-electron chi connectivity index (χ3n) is 2.88. The molecule has 0 spiro atoms. The van der Waals surface area contributed by atoms with Crippen LogP contribution in [0.2, 0.25) is 0 Å². The molecule has 1 saturated carbocycles. The zero-order chi connectivity index (χ0) is 11.6. The Morgan fingerprint density at radius 2 is 2.00 bits per heavy atom. The molecule has 0 radical (unpaired) electrons. The number of nitrogens with two attached hydrogens (primary N) is 1. The van der Waals surface area contributed by atoms with Crippen LogP contribution in [0.4, 0.5) is 4.39 Å². The van der Waals surface area contributed by atoms with E-state index in [-0.39, 0.29) is 17.1 Å². The minimum absolute atomic E-state index is 0.0558. The van der Waals surface area contributed by atoms with Crippen LogP contribution >= 0.6 is 0 Å². The molecule has 1 aromatic rings. The van der Waals surface area contributed by atoms with E-state index in [2.05, 4.69) is 0 Å². The molecular weight excluding hydrogens is 207 g/mol. The molecule has 16 heavy (non-hydrogen) atoms. The highest BCUT2D eigenvalue weighted by Crippen LogP contribution is 2.48. The summed E-state index contributed by atoms with van der Waals surface area (Å²) in [5.74, 6) is 0.605. The Bertz CT molecular complexity index is 385.